The molecule has 2 saturated heterocycles. The number of anilines is 3. The van der Waals surface area contributed by atoms with Crippen molar-refractivity contribution in [1.82, 2.24) is 29.2 Å². The van der Waals surface area contributed by atoms with E-state index < -0.39 is 15.3 Å². The molecule has 1 amide bonds. The second kappa shape index (κ2) is 12.4. The highest BCUT2D eigenvalue weighted by molar-refractivity contribution is 7.93. The third-order valence-corrected chi connectivity index (χ3v) is 10.3. The van der Waals surface area contributed by atoms with Gasteiger partial charge in [-0.2, -0.15) is 9.35 Å². The second-order valence-electron chi connectivity index (χ2n) is 12.9. The molecule has 0 atom stereocenters. The number of piperazine rings is 1. The van der Waals surface area contributed by atoms with E-state index in [9.17, 15) is 13.8 Å². The fraction of sp³-hybridized carbons (Fsp3) is 0.469. The third kappa shape index (κ3) is 6.71. The number of nitrogens with zero attached hydrogens (tertiary/aromatic N) is 8. The van der Waals surface area contributed by atoms with Gasteiger partial charge in [-0.1, -0.05) is 6.07 Å². The van der Waals surface area contributed by atoms with Crippen LogP contribution in [-0.4, -0.2) is 82.8 Å². The van der Waals surface area contributed by atoms with Crippen LogP contribution < -0.4 is 15.8 Å². The lowest BCUT2D eigenvalue weighted by atomic mass is 10.2. The molecule has 244 valence electrons. The Labute approximate surface area is 268 Å². The molecular weight excluding hydrogens is 606 g/mol. The smallest absolute Gasteiger partial charge is 0.410 e. The number of fused-ring (bicyclic) bond motifs is 1. The monoisotopic (exact) mass is 647 g/mol. The summed E-state index contributed by atoms with van der Waals surface area (Å²) < 4.78 is 26.4. The van der Waals surface area contributed by atoms with Crippen LogP contribution in [0.5, 0.6) is 0 Å². The average Bonchev–Trinajstić information content (AvgIpc) is 3.57. The SMILES string of the molecule is CC(C)n1c(=O)c2cnc(Nc3ccc(N4CCN(C(=O)OC(C)(C)C)CC4)cc3)nc2n1-c1cccc(N=S2(=O)CCCC2)n1. The fourth-order valence-corrected chi connectivity index (χ4v) is 7.84. The van der Waals surface area contributed by atoms with Crippen molar-refractivity contribution in [2.45, 2.75) is 59.1 Å². The highest BCUT2D eigenvalue weighted by atomic mass is 32.2. The number of hydrogen-bond acceptors (Lipinski definition) is 10. The zero-order valence-electron chi connectivity index (χ0n) is 27.0. The van der Waals surface area contributed by atoms with Gasteiger partial charge < -0.3 is 19.9 Å². The molecule has 3 aromatic heterocycles. The van der Waals surface area contributed by atoms with Crippen LogP contribution in [0.25, 0.3) is 16.9 Å². The number of aromatic nitrogens is 5. The minimum absolute atomic E-state index is 0.189. The maximum atomic E-state index is 13.5. The highest BCUT2D eigenvalue weighted by Crippen LogP contribution is 2.25. The standard InChI is InChI=1S/C32H41N9O4S/c1-22(2)40-29(42)25-21-33-30(36-28(25)41(40)27-10-8-9-26(35-27)37-46(44)19-6-7-20-46)34-23-11-13-24(14-12-23)38-15-17-39(18-16-38)31(43)45-32(3,4)5/h8-14,21-22H,6-7,15-20H2,1-5H3,(H,33,34,36). The summed E-state index contributed by atoms with van der Waals surface area (Å²) in [4.78, 5) is 43.8. The van der Waals surface area contributed by atoms with Gasteiger partial charge in [0.1, 0.15) is 11.0 Å². The summed E-state index contributed by atoms with van der Waals surface area (Å²) in [6, 6.07) is 13.1. The second-order valence-corrected chi connectivity index (χ2v) is 15.5. The van der Waals surface area contributed by atoms with Crippen molar-refractivity contribution < 1.29 is 13.7 Å². The van der Waals surface area contributed by atoms with Crippen molar-refractivity contribution in [2.75, 3.05) is 47.9 Å². The Morgan fingerprint density at radius 2 is 1.70 bits per heavy atom. The van der Waals surface area contributed by atoms with Gasteiger partial charge in [0.15, 0.2) is 17.3 Å². The van der Waals surface area contributed by atoms with E-state index in [-0.39, 0.29) is 17.7 Å². The maximum Gasteiger partial charge on any atom is 0.410 e. The molecule has 13 nitrogen and oxygen atoms in total. The van der Waals surface area contributed by atoms with E-state index in [4.69, 9.17) is 14.7 Å². The minimum Gasteiger partial charge on any atom is -0.444 e. The van der Waals surface area contributed by atoms with Crippen molar-refractivity contribution in [2.24, 2.45) is 4.36 Å². The predicted octanol–water partition coefficient (Wildman–Crippen LogP) is 5.25. The van der Waals surface area contributed by atoms with E-state index in [1.807, 2.05) is 58.9 Å². The topological polar surface area (TPSA) is 140 Å². The van der Waals surface area contributed by atoms with E-state index in [0.29, 0.717) is 66.3 Å². The number of amides is 1. The first kappa shape index (κ1) is 31.5. The number of rotatable bonds is 6. The molecule has 0 radical (unpaired) electrons. The van der Waals surface area contributed by atoms with E-state index in [0.717, 1.165) is 24.2 Å². The van der Waals surface area contributed by atoms with Gasteiger partial charge in [-0.15, -0.1) is 0 Å². The summed E-state index contributed by atoms with van der Waals surface area (Å²) in [6.07, 6.45) is 3.06. The maximum absolute atomic E-state index is 13.5. The van der Waals surface area contributed by atoms with Crippen molar-refractivity contribution in [3.63, 3.8) is 0 Å². The van der Waals surface area contributed by atoms with E-state index in [2.05, 4.69) is 19.6 Å². The molecule has 2 fully saturated rings. The molecule has 1 N–H and O–H groups in total. The van der Waals surface area contributed by atoms with Gasteiger partial charge in [-0.3, -0.25) is 4.79 Å². The van der Waals surface area contributed by atoms with E-state index in [1.165, 1.54) is 6.20 Å². The molecule has 0 unspecified atom stereocenters. The number of carbonyl (C=O) groups excluding carboxylic acids is 1. The first-order chi connectivity index (χ1) is 21.9. The first-order valence-electron chi connectivity index (χ1n) is 15.7. The van der Waals surface area contributed by atoms with E-state index in [1.54, 1.807) is 32.5 Å². The van der Waals surface area contributed by atoms with Gasteiger partial charge in [0.2, 0.25) is 5.95 Å². The largest absolute Gasteiger partial charge is 0.444 e. The van der Waals surface area contributed by atoms with Crippen LogP contribution in [0, 0.1) is 0 Å². The molecule has 14 heteroatoms. The molecule has 1 aromatic carbocycles. The van der Waals surface area contributed by atoms with Gasteiger partial charge in [0, 0.05) is 61.3 Å². The summed E-state index contributed by atoms with van der Waals surface area (Å²) in [6.45, 7) is 12.0. The molecule has 4 aromatic rings. The molecule has 0 bridgehead atoms. The fourth-order valence-electron chi connectivity index (χ4n) is 5.70. The zero-order valence-corrected chi connectivity index (χ0v) is 27.8. The van der Waals surface area contributed by atoms with Crippen LogP contribution in [0.3, 0.4) is 0 Å². The summed E-state index contributed by atoms with van der Waals surface area (Å²) in [5.74, 6) is 2.33. The number of carbonyl (C=O) groups is 1. The highest BCUT2D eigenvalue weighted by Gasteiger charge is 2.26. The Balaban J connectivity index is 1.23. The van der Waals surface area contributed by atoms with Crippen molar-refractivity contribution in [3.05, 3.63) is 59.0 Å². The van der Waals surface area contributed by atoms with Crippen LogP contribution in [0.4, 0.5) is 27.9 Å². The van der Waals surface area contributed by atoms with Gasteiger partial charge >= 0.3 is 6.09 Å². The lowest BCUT2D eigenvalue weighted by Crippen LogP contribution is -2.50. The molecule has 46 heavy (non-hydrogen) atoms. The molecule has 0 saturated carbocycles. The van der Waals surface area contributed by atoms with E-state index >= 15 is 0 Å². The third-order valence-electron chi connectivity index (χ3n) is 7.91. The van der Waals surface area contributed by atoms with Crippen LogP contribution in [0.1, 0.15) is 53.5 Å². The minimum atomic E-state index is -2.31. The van der Waals surface area contributed by atoms with Crippen LogP contribution >= 0.6 is 0 Å². The van der Waals surface area contributed by atoms with Crippen LogP contribution in [0.15, 0.2) is 57.8 Å². The van der Waals surface area contributed by atoms with Gasteiger partial charge in [0.05, 0.1) is 9.73 Å². The zero-order chi connectivity index (χ0) is 32.6. The van der Waals surface area contributed by atoms with Gasteiger partial charge in [-0.25, -0.2) is 28.3 Å². The molecule has 6 rings (SSSR count). The Bertz CT molecular complexity index is 1920. The molecule has 0 aliphatic carbocycles. The number of pyridine rings is 1. The molecule has 2 aliphatic rings. The summed E-state index contributed by atoms with van der Waals surface area (Å²) in [7, 11) is -2.31. The summed E-state index contributed by atoms with van der Waals surface area (Å²) in [5.41, 5.74) is 1.50. The molecule has 5 heterocycles. The number of nitrogens with one attached hydrogen (secondary N) is 1. The summed E-state index contributed by atoms with van der Waals surface area (Å²) >= 11 is 0. The van der Waals surface area contributed by atoms with Gasteiger partial charge in [-0.05, 0) is 83.9 Å². The quantitative estimate of drug-likeness (QED) is 0.297. The Morgan fingerprint density at radius 1 is 1.00 bits per heavy atom. The first-order valence-corrected chi connectivity index (χ1v) is 17.5. The Kier molecular flexibility index (Phi) is 8.49. The number of hydrogen-bond donors (Lipinski definition) is 1. The predicted molar refractivity (Wildman–Crippen MR) is 180 cm³/mol. The average molecular weight is 648 g/mol. The lowest BCUT2D eigenvalue weighted by Gasteiger charge is -2.36. The van der Waals surface area contributed by atoms with Crippen molar-refractivity contribution in [1.29, 1.82) is 0 Å². The van der Waals surface area contributed by atoms with Crippen molar-refractivity contribution >= 4 is 50.0 Å². The molecule has 0 spiro atoms. The normalized spacial score (nSPS) is 16.7. The van der Waals surface area contributed by atoms with Gasteiger partial charge in [0.25, 0.3) is 5.56 Å². The molecule has 2 aliphatic heterocycles. The number of ether oxygens (including phenoxy) is 1. The van der Waals surface area contributed by atoms with Crippen LogP contribution in [0.2, 0.25) is 0 Å². The Hall–Kier alpha value is -4.46. The number of benzene rings is 1. The van der Waals surface area contributed by atoms with Crippen molar-refractivity contribution in [3.8, 4) is 5.82 Å². The Morgan fingerprint density at radius 3 is 2.35 bits per heavy atom. The summed E-state index contributed by atoms with van der Waals surface area (Å²) in [5, 5.41) is 3.63. The van der Waals surface area contributed by atoms with Crippen LogP contribution in [-0.2, 0) is 14.5 Å². The lowest BCUT2D eigenvalue weighted by molar-refractivity contribution is 0.0240. The molecular formula is C32H41N9O4S.